The van der Waals surface area contributed by atoms with E-state index in [0.717, 1.165) is 23.3 Å². The van der Waals surface area contributed by atoms with Gasteiger partial charge in [-0.25, -0.2) is 0 Å². The fourth-order valence-electron chi connectivity index (χ4n) is 6.07. The minimum Gasteiger partial charge on any atom is -0.489 e. The van der Waals surface area contributed by atoms with Crippen LogP contribution < -0.4 is 4.74 Å². The fraction of sp³-hybridized carbons (Fsp3) is 0.382. The summed E-state index contributed by atoms with van der Waals surface area (Å²) in [6, 6.07) is 23.4. The van der Waals surface area contributed by atoms with Gasteiger partial charge in [-0.15, -0.1) is 0 Å². The van der Waals surface area contributed by atoms with Crippen LogP contribution in [0.5, 0.6) is 5.75 Å². The summed E-state index contributed by atoms with van der Waals surface area (Å²) in [5.41, 5.74) is 1.92. The maximum atomic E-state index is 13.0. The predicted octanol–water partition coefficient (Wildman–Crippen LogP) is 5.44. The van der Waals surface area contributed by atoms with Gasteiger partial charge in [0.1, 0.15) is 18.6 Å². The van der Waals surface area contributed by atoms with Crippen LogP contribution in [0.1, 0.15) is 63.9 Å². The minimum atomic E-state index is -0.959. The van der Waals surface area contributed by atoms with Gasteiger partial charge in [0.2, 0.25) is 0 Å². The molecule has 0 atom stereocenters. The number of fused-ring (bicyclic) bond motifs is 3. The second kappa shape index (κ2) is 13.1. The summed E-state index contributed by atoms with van der Waals surface area (Å²) in [7, 11) is 0. The highest BCUT2D eigenvalue weighted by atomic mass is 16.5. The number of nitrogens with zero attached hydrogens (tertiary/aromatic N) is 2. The highest BCUT2D eigenvalue weighted by Gasteiger charge is 2.43. The Bertz CT molecular complexity index is 1280. The smallest absolute Gasteiger partial charge is 0.314 e. The van der Waals surface area contributed by atoms with Gasteiger partial charge in [0, 0.05) is 24.2 Å². The lowest BCUT2D eigenvalue weighted by atomic mass is 9.73. The van der Waals surface area contributed by atoms with Crippen molar-refractivity contribution in [3.63, 3.8) is 0 Å². The SMILES string of the molecule is C1CN2CCC1CC2.O=Cc1ccc(COc2ccc(C(=O)N3CCC(C(=O)O)(c4ccccc4)CC3)cc2)cc1. The zero-order chi connectivity index (χ0) is 28.7. The van der Waals surface area contributed by atoms with Gasteiger partial charge in [0.25, 0.3) is 5.91 Å². The van der Waals surface area contributed by atoms with Crippen LogP contribution in [-0.4, -0.2) is 65.8 Å². The van der Waals surface area contributed by atoms with Crippen LogP contribution >= 0.6 is 0 Å². The monoisotopic (exact) mass is 554 g/mol. The first kappa shape index (κ1) is 28.6. The number of likely N-dealkylation sites (tertiary alicyclic amines) is 1. The van der Waals surface area contributed by atoms with Crippen LogP contribution in [0, 0.1) is 5.92 Å². The molecular formula is C34H38N2O5. The van der Waals surface area contributed by atoms with Crippen molar-refractivity contribution in [2.45, 2.75) is 44.1 Å². The van der Waals surface area contributed by atoms with Crippen molar-refractivity contribution in [1.29, 1.82) is 0 Å². The fourth-order valence-corrected chi connectivity index (χ4v) is 6.07. The molecule has 7 heteroatoms. The first-order valence-corrected chi connectivity index (χ1v) is 14.5. The third kappa shape index (κ3) is 6.85. The number of carboxylic acids is 1. The average Bonchev–Trinajstić information content (AvgIpc) is 3.05. The maximum absolute atomic E-state index is 13.0. The molecule has 1 amide bonds. The van der Waals surface area contributed by atoms with E-state index in [9.17, 15) is 19.5 Å². The number of aldehydes is 1. The molecule has 4 heterocycles. The van der Waals surface area contributed by atoms with Crippen molar-refractivity contribution in [3.05, 3.63) is 101 Å². The third-order valence-electron chi connectivity index (χ3n) is 8.82. The normalized spacial score (nSPS) is 20.8. The standard InChI is InChI=1S/C27H25NO5.C7H13N/c29-18-20-6-8-21(9-7-20)19-33-24-12-10-22(11-13-24)25(30)28-16-14-27(15-17-28,26(31)32)23-4-2-1-3-5-23;1-4-8-5-2-7(1)3-6-8/h1-13,18H,14-17,19H2,(H,31,32);7H,1-6H2. The van der Waals surface area contributed by atoms with Crippen LogP contribution in [-0.2, 0) is 16.8 Å². The molecule has 0 aliphatic carbocycles. The number of carbonyl (C=O) groups is 3. The zero-order valence-corrected chi connectivity index (χ0v) is 23.4. The second-order valence-corrected chi connectivity index (χ2v) is 11.3. The molecule has 214 valence electrons. The zero-order valence-electron chi connectivity index (χ0n) is 23.4. The predicted molar refractivity (Wildman–Crippen MR) is 157 cm³/mol. The molecule has 2 bridgehead atoms. The summed E-state index contributed by atoms with van der Waals surface area (Å²) >= 11 is 0. The summed E-state index contributed by atoms with van der Waals surface area (Å²) in [4.78, 5) is 40.1. The number of carboxylic acid groups (broad SMARTS) is 1. The average molecular weight is 555 g/mol. The van der Waals surface area contributed by atoms with E-state index in [1.807, 2.05) is 42.5 Å². The van der Waals surface area contributed by atoms with E-state index in [4.69, 9.17) is 4.74 Å². The molecule has 0 radical (unpaired) electrons. The summed E-state index contributed by atoms with van der Waals surface area (Å²) in [5, 5.41) is 9.94. The number of amides is 1. The highest BCUT2D eigenvalue weighted by Crippen LogP contribution is 2.36. The Kier molecular flexibility index (Phi) is 9.14. The number of hydrogen-bond acceptors (Lipinski definition) is 5. The number of ether oxygens (including phenoxy) is 1. The van der Waals surface area contributed by atoms with Gasteiger partial charge in [-0.05, 0) is 93.0 Å². The lowest BCUT2D eigenvalue weighted by Crippen LogP contribution is -2.49. The number of hydrogen-bond donors (Lipinski definition) is 1. The minimum absolute atomic E-state index is 0.113. The van der Waals surface area contributed by atoms with Crippen LogP contribution in [0.2, 0.25) is 0 Å². The Hall–Kier alpha value is -3.97. The maximum Gasteiger partial charge on any atom is 0.314 e. The Morgan fingerprint density at radius 1 is 0.829 bits per heavy atom. The number of benzene rings is 3. The molecule has 0 aromatic heterocycles. The molecule has 4 aliphatic rings. The molecule has 7 rings (SSSR count). The van der Waals surface area contributed by atoms with Gasteiger partial charge >= 0.3 is 5.97 Å². The number of rotatable bonds is 7. The quantitative estimate of drug-likeness (QED) is 0.392. The van der Waals surface area contributed by atoms with Crippen LogP contribution in [0.25, 0.3) is 0 Å². The molecule has 3 aromatic carbocycles. The van der Waals surface area contributed by atoms with Crippen molar-refractivity contribution in [2.75, 3.05) is 32.7 Å². The topological polar surface area (TPSA) is 87.2 Å². The molecule has 4 saturated heterocycles. The Balaban J connectivity index is 0.000000358. The molecule has 3 aromatic rings. The van der Waals surface area contributed by atoms with E-state index in [1.165, 1.54) is 38.9 Å². The van der Waals surface area contributed by atoms with E-state index in [2.05, 4.69) is 4.90 Å². The van der Waals surface area contributed by atoms with Crippen molar-refractivity contribution >= 4 is 18.2 Å². The van der Waals surface area contributed by atoms with E-state index < -0.39 is 11.4 Å². The molecule has 4 aliphatic heterocycles. The Labute approximate surface area is 241 Å². The second-order valence-electron chi connectivity index (χ2n) is 11.3. The molecule has 0 unspecified atom stereocenters. The van der Waals surface area contributed by atoms with Crippen LogP contribution in [0.4, 0.5) is 0 Å². The number of carbonyl (C=O) groups excluding carboxylic acids is 2. The van der Waals surface area contributed by atoms with E-state index in [-0.39, 0.29) is 5.91 Å². The number of piperidine rings is 4. The van der Waals surface area contributed by atoms with Crippen molar-refractivity contribution in [3.8, 4) is 5.75 Å². The lowest BCUT2D eigenvalue weighted by Gasteiger charge is -2.39. The number of aliphatic carboxylic acids is 1. The van der Waals surface area contributed by atoms with Gasteiger partial charge in [0.05, 0.1) is 5.41 Å². The van der Waals surface area contributed by atoms with Crippen molar-refractivity contribution in [1.82, 2.24) is 9.80 Å². The molecule has 1 N–H and O–H groups in total. The van der Waals surface area contributed by atoms with E-state index in [0.29, 0.717) is 49.4 Å². The molecule has 4 fully saturated rings. The largest absolute Gasteiger partial charge is 0.489 e. The summed E-state index contributed by atoms with van der Waals surface area (Å²) in [6.07, 6.45) is 6.01. The van der Waals surface area contributed by atoms with Gasteiger partial charge < -0.3 is 19.6 Å². The first-order valence-electron chi connectivity index (χ1n) is 14.5. The van der Waals surface area contributed by atoms with Crippen LogP contribution in [0.3, 0.4) is 0 Å². The molecule has 41 heavy (non-hydrogen) atoms. The molecular weight excluding hydrogens is 516 g/mol. The Morgan fingerprint density at radius 2 is 1.44 bits per heavy atom. The van der Waals surface area contributed by atoms with Crippen LogP contribution in [0.15, 0.2) is 78.9 Å². The molecule has 7 nitrogen and oxygen atoms in total. The van der Waals surface area contributed by atoms with E-state index in [1.54, 1.807) is 41.3 Å². The molecule has 0 spiro atoms. The van der Waals surface area contributed by atoms with Crippen molar-refractivity contribution < 1.29 is 24.2 Å². The summed E-state index contributed by atoms with van der Waals surface area (Å²) < 4.78 is 5.77. The van der Waals surface area contributed by atoms with Crippen molar-refractivity contribution in [2.24, 2.45) is 5.92 Å². The van der Waals surface area contributed by atoms with E-state index >= 15 is 0 Å². The highest BCUT2D eigenvalue weighted by molar-refractivity contribution is 5.94. The lowest BCUT2D eigenvalue weighted by molar-refractivity contribution is -0.145. The summed E-state index contributed by atoms with van der Waals surface area (Å²) in [6.45, 7) is 5.30. The molecule has 0 saturated carbocycles. The third-order valence-corrected chi connectivity index (χ3v) is 8.82. The van der Waals surface area contributed by atoms with Gasteiger partial charge in [-0.2, -0.15) is 0 Å². The van der Waals surface area contributed by atoms with Gasteiger partial charge in [-0.1, -0.05) is 54.6 Å². The van der Waals surface area contributed by atoms with Gasteiger partial charge in [0.15, 0.2) is 0 Å². The Morgan fingerprint density at radius 3 is 1.93 bits per heavy atom. The summed E-state index contributed by atoms with van der Waals surface area (Å²) in [5.74, 6) is 0.791. The first-order chi connectivity index (χ1) is 20.0. The van der Waals surface area contributed by atoms with Gasteiger partial charge in [-0.3, -0.25) is 14.4 Å².